The minimum absolute atomic E-state index is 0.126. The number of rotatable bonds is 6. The maximum Gasteiger partial charge on any atom is 0.317 e. The lowest BCUT2D eigenvalue weighted by molar-refractivity contribution is -0.157. The summed E-state index contributed by atoms with van der Waals surface area (Å²) in [7, 11) is 1.64. The third-order valence-electron chi connectivity index (χ3n) is 6.70. The fourth-order valence-electron chi connectivity index (χ4n) is 5.06. The number of carbonyl (C=O) groups excluding carboxylic acids is 2. The van der Waals surface area contributed by atoms with Crippen molar-refractivity contribution in [3.63, 3.8) is 0 Å². The highest BCUT2D eigenvalue weighted by atomic mass is 127. The molecule has 34 heavy (non-hydrogen) atoms. The molecule has 2 aromatic rings. The first-order valence-corrected chi connectivity index (χ1v) is 12.4. The van der Waals surface area contributed by atoms with Gasteiger partial charge in [-0.15, -0.1) is 0 Å². The van der Waals surface area contributed by atoms with E-state index < -0.39 is 24.5 Å². The third kappa shape index (κ3) is 4.40. The Morgan fingerprint density at radius 1 is 1.18 bits per heavy atom. The van der Waals surface area contributed by atoms with E-state index in [1.54, 1.807) is 7.11 Å². The monoisotopic (exact) mass is 575 g/mol. The van der Waals surface area contributed by atoms with Gasteiger partial charge in [0.2, 0.25) is 0 Å². The Morgan fingerprint density at radius 2 is 2.00 bits per heavy atom. The van der Waals surface area contributed by atoms with Crippen molar-refractivity contribution in [2.75, 3.05) is 13.7 Å². The second kappa shape index (κ2) is 9.58. The van der Waals surface area contributed by atoms with E-state index in [2.05, 4.69) is 40.1 Å². The number of ether oxygens (including phenoxy) is 4. The van der Waals surface area contributed by atoms with Crippen LogP contribution in [-0.4, -0.2) is 37.8 Å². The molecular formula is C26H26INO6. The predicted octanol–water partition coefficient (Wildman–Crippen LogP) is 3.80. The molecule has 8 heteroatoms. The number of hydrogen-bond donors (Lipinski definition) is 1. The SMILES string of the molecule is COc1ccc2c3c1O[C@@H]1C[C@H](OC(=O)CC(=O)OCc4ccc(I)cc4)C=C[C@@]31CCNC2. The van der Waals surface area contributed by atoms with Crippen molar-refractivity contribution in [1.29, 1.82) is 0 Å². The van der Waals surface area contributed by atoms with Gasteiger partial charge in [-0.3, -0.25) is 9.59 Å². The van der Waals surface area contributed by atoms with E-state index >= 15 is 0 Å². The lowest BCUT2D eigenvalue weighted by Gasteiger charge is -2.36. The number of nitrogens with one attached hydrogen (secondary N) is 1. The molecular weight excluding hydrogens is 549 g/mol. The van der Waals surface area contributed by atoms with Gasteiger partial charge >= 0.3 is 11.9 Å². The van der Waals surface area contributed by atoms with Crippen LogP contribution in [0.1, 0.15) is 36.0 Å². The first-order valence-electron chi connectivity index (χ1n) is 11.3. The van der Waals surface area contributed by atoms with E-state index in [4.69, 9.17) is 18.9 Å². The summed E-state index contributed by atoms with van der Waals surface area (Å²) in [4.78, 5) is 24.6. The summed E-state index contributed by atoms with van der Waals surface area (Å²) in [6.45, 7) is 1.76. The Morgan fingerprint density at radius 3 is 2.79 bits per heavy atom. The molecule has 1 spiro atoms. The molecule has 0 amide bonds. The number of esters is 2. The Kier molecular flexibility index (Phi) is 6.52. The summed E-state index contributed by atoms with van der Waals surface area (Å²) in [5.74, 6) is 0.292. The standard InChI is InChI=1S/C26H26INO6/c1-31-20-7-4-17-14-28-11-10-26-9-8-19(12-21(26)34-25(20)24(17)26)33-23(30)13-22(29)32-15-16-2-5-18(27)6-3-16/h2-9,19,21,28H,10-15H2,1H3/t19-,21-,26+/m1/s1. The maximum atomic E-state index is 12.4. The number of carbonyl (C=O) groups is 2. The van der Waals surface area contributed by atoms with Crippen molar-refractivity contribution in [2.45, 2.75) is 50.0 Å². The summed E-state index contributed by atoms with van der Waals surface area (Å²) in [6, 6.07) is 11.7. The Hall–Kier alpha value is -2.59. The predicted molar refractivity (Wildman–Crippen MR) is 133 cm³/mol. The van der Waals surface area contributed by atoms with Gasteiger partial charge in [0.25, 0.3) is 0 Å². The van der Waals surface area contributed by atoms with Crippen molar-refractivity contribution in [3.8, 4) is 11.5 Å². The minimum atomic E-state index is -0.603. The molecule has 2 aliphatic heterocycles. The van der Waals surface area contributed by atoms with Crippen LogP contribution in [0.15, 0.2) is 48.6 Å². The first-order chi connectivity index (χ1) is 16.5. The van der Waals surface area contributed by atoms with Gasteiger partial charge in [-0.1, -0.05) is 24.3 Å². The van der Waals surface area contributed by atoms with Gasteiger partial charge in [0.05, 0.1) is 12.5 Å². The molecule has 1 N–H and O–H groups in total. The van der Waals surface area contributed by atoms with Crippen molar-refractivity contribution < 1.29 is 28.5 Å². The quantitative estimate of drug-likeness (QED) is 0.243. The van der Waals surface area contributed by atoms with Crippen LogP contribution in [0, 0.1) is 3.57 Å². The molecule has 2 heterocycles. The van der Waals surface area contributed by atoms with E-state index in [1.807, 2.05) is 36.4 Å². The van der Waals surface area contributed by atoms with E-state index in [0.717, 1.165) is 34.4 Å². The lowest BCUT2D eigenvalue weighted by atomic mass is 9.69. The Balaban J connectivity index is 1.23. The van der Waals surface area contributed by atoms with E-state index in [-0.39, 0.29) is 18.1 Å². The van der Waals surface area contributed by atoms with Crippen LogP contribution in [-0.2, 0) is 37.6 Å². The average molecular weight is 575 g/mol. The van der Waals surface area contributed by atoms with E-state index in [0.29, 0.717) is 12.2 Å². The molecule has 5 rings (SSSR count). The number of halogens is 1. The summed E-state index contributed by atoms with van der Waals surface area (Å²) in [6.07, 6.45) is 4.38. The Labute approximate surface area is 211 Å². The van der Waals surface area contributed by atoms with Crippen LogP contribution >= 0.6 is 22.6 Å². The number of benzene rings is 2. The molecule has 0 radical (unpaired) electrons. The van der Waals surface area contributed by atoms with Crippen molar-refractivity contribution in [2.24, 2.45) is 0 Å². The number of hydrogen-bond acceptors (Lipinski definition) is 7. The molecule has 0 saturated heterocycles. The minimum Gasteiger partial charge on any atom is -0.493 e. The van der Waals surface area contributed by atoms with E-state index in [9.17, 15) is 9.59 Å². The van der Waals surface area contributed by atoms with Crippen molar-refractivity contribution in [1.82, 2.24) is 5.32 Å². The summed E-state index contributed by atoms with van der Waals surface area (Å²) in [5.41, 5.74) is 2.96. The van der Waals surface area contributed by atoms with Gasteiger partial charge < -0.3 is 24.3 Å². The molecule has 1 aliphatic carbocycles. The van der Waals surface area contributed by atoms with Gasteiger partial charge in [-0.05, 0) is 71.0 Å². The van der Waals surface area contributed by atoms with E-state index in [1.165, 1.54) is 11.1 Å². The average Bonchev–Trinajstić information content (AvgIpc) is 3.04. The molecule has 178 valence electrons. The van der Waals surface area contributed by atoms with Crippen molar-refractivity contribution in [3.05, 3.63) is 68.8 Å². The Bertz CT molecular complexity index is 1130. The molecule has 0 unspecified atom stereocenters. The van der Waals surface area contributed by atoms with Crippen LogP contribution in [0.4, 0.5) is 0 Å². The molecule has 3 aliphatic rings. The summed E-state index contributed by atoms with van der Waals surface area (Å²) >= 11 is 2.21. The lowest BCUT2D eigenvalue weighted by Crippen LogP contribution is -2.43. The van der Waals surface area contributed by atoms with Crippen LogP contribution in [0.2, 0.25) is 0 Å². The molecule has 2 aromatic carbocycles. The fourth-order valence-corrected chi connectivity index (χ4v) is 5.42. The molecule has 7 nitrogen and oxygen atoms in total. The van der Waals surface area contributed by atoms with Crippen molar-refractivity contribution >= 4 is 34.5 Å². The first kappa shape index (κ1) is 23.2. The van der Waals surface area contributed by atoms with Gasteiger partial charge in [0.15, 0.2) is 11.5 Å². The topological polar surface area (TPSA) is 83.1 Å². The van der Waals surface area contributed by atoms with Crippen LogP contribution in [0.5, 0.6) is 11.5 Å². The van der Waals surface area contributed by atoms with Gasteiger partial charge in [0, 0.05) is 22.1 Å². The highest BCUT2D eigenvalue weighted by Gasteiger charge is 2.52. The van der Waals surface area contributed by atoms with Gasteiger partial charge in [-0.2, -0.15) is 0 Å². The smallest absolute Gasteiger partial charge is 0.317 e. The zero-order valence-corrected chi connectivity index (χ0v) is 21.0. The molecule has 0 fully saturated rings. The van der Waals surface area contributed by atoms with Crippen LogP contribution in [0.25, 0.3) is 0 Å². The van der Waals surface area contributed by atoms with Gasteiger partial charge in [0.1, 0.15) is 25.2 Å². The van der Waals surface area contributed by atoms with Gasteiger partial charge in [-0.25, -0.2) is 0 Å². The highest BCUT2D eigenvalue weighted by Crippen LogP contribution is 2.55. The molecule has 0 saturated carbocycles. The zero-order valence-electron chi connectivity index (χ0n) is 18.8. The largest absolute Gasteiger partial charge is 0.493 e. The zero-order chi connectivity index (χ0) is 23.7. The van der Waals surface area contributed by atoms with Crippen LogP contribution < -0.4 is 14.8 Å². The summed E-state index contributed by atoms with van der Waals surface area (Å²) in [5, 5.41) is 3.48. The summed E-state index contributed by atoms with van der Waals surface area (Å²) < 4.78 is 23.9. The third-order valence-corrected chi connectivity index (χ3v) is 7.42. The normalized spacial score (nSPS) is 24.3. The highest BCUT2D eigenvalue weighted by molar-refractivity contribution is 14.1. The molecule has 0 aromatic heterocycles. The molecule has 3 atom stereocenters. The second-order valence-electron chi connectivity index (χ2n) is 8.79. The fraction of sp³-hybridized carbons (Fsp3) is 0.385. The maximum absolute atomic E-state index is 12.4. The van der Waals surface area contributed by atoms with Crippen LogP contribution in [0.3, 0.4) is 0 Å². The second-order valence-corrected chi connectivity index (χ2v) is 10.0. The molecule has 0 bridgehead atoms. The number of methoxy groups -OCH3 is 1.